The average Bonchev–Trinajstić information content (AvgIpc) is 2.92. The molecule has 2 atom stereocenters. The van der Waals surface area contributed by atoms with Crippen molar-refractivity contribution in [3.63, 3.8) is 0 Å². The van der Waals surface area contributed by atoms with Gasteiger partial charge in [-0.2, -0.15) is 0 Å². The van der Waals surface area contributed by atoms with Gasteiger partial charge >= 0.3 is 0 Å². The van der Waals surface area contributed by atoms with Gasteiger partial charge in [-0.15, -0.1) is 0 Å². The van der Waals surface area contributed by atoms with Crippen LogP contribution in [0.1, 0.15) is 57.8 Å². The molecule has 36 heavy (non-hydrogen) atoms. The molecule has 2 aliphatic rings. The number of benzene rings is 3. The number of fused-ring (bicyclic) bond motifs is 2. The third kappa shape index (κ3) is 4.93. The van der Waals surface area contributed by atoms with Gasteiger partial charge < -0.3 is 29.6 Å². The lowest BCUT2D eigenvalue weighted by atomic mass is 10.0. The van der Waals surface area contributed by atoms with Crippen molar-refractivity contribution in [1.82, 2.24) is 10.6 Å². The number of hydrogen-bond acceptors (Lipinski definition) is 6. The first-order valence-electron chi connectivity index (χ1n) is 12.0. The van der Waals surface area contributed by atoms with Crippen molar-refractivity contribution in [1.29, 1.82) is 0 Å². The monoisotopic (exact) mass is 488 g/mol. The van der Waals surface area contributed by atoms with Gasteiger partial charge in [0, 0.05) is 0 Å². The quantitative estimate of drug-likeness (QED) is 0.540. The molecule has 5 rings (SSSR count). The van der Waals surface area contributed by atoms with Crippen LogP contribution < -0.4 is 29.6 Å². The van der Waals surface area contributed by atoms with Crippen molar-refractivity contribution in [3.05, 3.63) is 82.9 Å². The van der Waals surface area contributed by atoms with Crippen molar-refractivity contribution < 1.29 is 28.5 Å². The highest BCUT2D eigenvalue weighted by Crippen LogP contribution is 2.34. The van der Waals surface area contributed by atoms with E-state index >= 15 is 0 Å². The predicted octanol–water partition coefficient (Wildman–Crippen LogP) is 4.21. The molecule has 0 radical (unpaired) electrons. The van der Waals surface area contributed by atoms with E-state index in [-0.39, 0.29) is 23.9 Å². The Morgan fingerprint density at radius 2 is 1.00 bits per heavy atom. The highest BCUT2D eigenvalue weighted by molar-refractivity contribution is 6.07. The molecule has 0 bridgehead atoms. The second-order valence-corrected chi connectivity index (χ2v) is 8.74. The third-order valence-electron chi connectivity index (χ3n) is 6.24. The van der Waals surface area contributed by atoms with Crippen molar-refractivity contribution >= 4 is 11.8 Å². The van der Waals surface area contributed by atoms with Crippen LogP contribution >= 0.6 is 0 Å². The van der Waals surface area contributed by atoms with Crippen LogP contribution in [0.4, 0.5) is 0 Å². The highest BCUT2D eigenvalue weighted by atomic mass is 16.6. The summed E-state index contributed by atoms with van der Waals surface area (Å²) in [6, 6.07) is 17.4. The Morgan fingerprint density at radius 1 is 0.611 bits per heavy atom. The largest absolute Gasteiger partial charge is 0.486 e. The lowest BCUT2D eigenvalue weighted by Crippen LogP contribution is -2.32. The fourth-order valence-electron chi connectivity index (χ4n) is 4.25. The molecule has 0 saturated carbocycles. The van der Waals surface area contributed by atoms with Crippen LogP contribution in [0.25, 0.3) is 0 Å². The zero-order chi connectivity index (χ0) is 25.1. The van der Waals surface area contributed by atoms with E-state index < -0.39 is 0 Å². The Bertz CT molecular complexity index is 1190. The molecule has 8 nitrogen and oxygen atoms in total. The van der Waals surface area contributed by atoms with Crippen LogP contribution in [0.3, 0.4) is 0 Å². The molecule has 2 heterocycles. The maximum absolute atomic E-state index is 13.2. The number of rotatable bonds is 6. The number of carbonyl (C=O) groups is 2. The van der Waals surface area contributed by atoms with Gasteiger partial charge in [0.15, 0.2) is 23.0 Å². The Kier molecular flexibility index (Phi) is 6.66. The van der Waals surface area contributed by atoms with Crippen LogP contribution in [0, 0.1) is 0 Å². The van der Waals surface area contributed by atoms with E-state index in [2.05, 4.69) is 10.6 Å². The summed E-state index contributed by atoms with van der Waals surface area (Å²) in [5.41, 5.74) is 2.35. The van der Waals surface area contributed by atoms with E-state index in [0.29, 0.717) is 60.6 Å². The van der Waals surface area contributed by atoms with E-state index in [1.54, 1.807) is 24.3 Å². The van der Waals surface area contributed by atoms with Gasteiger partial charge in [0.25, 0.3) is 11.8 Å². The molecule has 0 aromatic heterocycles. The van der Waals surface area contributed by atoms with E-state index in [1.165, 1.54) is 0 Å². The summed E-state index contributed by atoms with van der Waals surface area (Å²) in [6.07, 6.45) is 0. The second-order valence-electron chi connectivity index (χ2n) is 8.74. The number of amides is 2. The molecule has 0 spiro atoms. The van der Waals surface area contributed by atoms with Gasteiger partial charge in [-0.25, -0.2) is 0 Å². The summed E-state index contributed by atoms with van der Waals surface area (Å²) >= 11 is 0. The zero-order valence-electron chi connectivity index (χ0n) is 20.2. The fourth-order valence-corrected chi connectivity index (χ4v) is 4.25. The molecule has 8 heteroatoms. The highest BCUT2D eigenvalue weighted by Gasteiger charge is 2.22. The molecule has 3 aromatic rings. The van der Waals surface area contributed by atoms with Gasteiger partial charge in [-0.05, 0) is 61.4 Å². The van der Waals surface area contributed by atoms with Gasteiger partial charge in [0.05, 0.1) is 23.2 Å². The lowest BCUT2D eigenvalue weighted by Gasteiger charge is -2.22. The lowest BCUT2D eigenvalue weighted by molar-refractivity contribution is 0.0905. The Morgan fingerprint density at radius 3 is 1.42 bits per heavy atom. The maximum atomic E-state index is 13.2. The smallest absolute Gasteiger partial charge is 0.252 e. The van der Waals surface area contributed by atoms with Crippen molar-refractivity contribution in [3.8, 4) is 23.0 Å². The molecule has 2 aliphatic heterocycles. The Hall–Kier alpha value is -4.20. The third-order valence-corrected chi connectivity index (χ3v) is 6.24. The molecule has 0 unspecified atom stereocenters. The van der Waals surface area contributed by atoms with Gasteiger partial charge in [-0.1, -0.05) is 24.3 Å². The van der Waals surface area contributed by atoms with E-state index in [1.807, 2.05) is 50.2 Å². The molecular weight excluding hydrogens is 460 g/mol. The zero-order valence-corrected chi connectivity index (χ0v) is 20.2. The Balaban J connectivity index is 1.28. The van der Waals surface area contributed by atoms with Crippen molar-refractivity contribution in [2.24, 2.45) is 0 Å². The minimum atomic E-state index is -0.338. The molecule has 0 saturated heterocycles. The number of nitrogens with one attached hydrogen (secondary N) is 2. The van der Waals surface area contributed by atoms with Crippen molar-refractivity contribution in [2.45, 2.75) is 25.9 Å². The summed E-state index contributed by atoms with van der Waals surface area (Å²) in [6.45, 7) is 5.79. The summed E-state index contributed by atoms with van der Waals surface area (Å²) in [4.78, 5) is 26.4. The molecule has 2 amide bonds. The first-order chi connectivity index (χ1) is 17.5. The molecule has 0 fully saturated rings. The van der Waals surface area contributed by atoms with Crippen LogP contribution in [0.15, 0.2) is 60.7 Å². The predicted molar refractivity (Wildman–Crippen MR) is 133 cm³/mol. The molecule has 2 N–H and O–H groups in total. The summed E-state index contributed by atoms with van der Waals surface area (Å²) in [5, 5.41) is 5.98. The minimum absolute atomic E-state index is 0.300. The SMILES string of the molecule is C[C@H](NC(=O)c1ccccc1C(=O)N[C@H](C)c1ccc2c(c1)OCCO2)c1ccc2c(c1)OCCO2. The standard InChI is InChI=1S/C28H28N2O6/c1-17(19-7-9-23-25(15-19)35-13-11-33-23)29-27(31)21-5-3-4-6-22(21)28(32)30-18(2)20-8-10-24-26(16-20)36-14-12-34-24/h3-10,15-18H,11-14H2,1-2H3,(H,29,31)(H,30,32)/t17-,18+. The second kappa shape index (κ2) is 10.2. The topological polar surface area (TPSA) is 95.1 Å². The van der Waals surface area contributed by atoms with Gasteiger partial charge in [0.2, 0.25) is 0 Å². The van der Waals surface area contributed by atoms with Crippen LogP contribution in [-0.2, 0) is 0 Å². The van der Waals surface area contributed by atoms with E-state index in [9.17, 15) is 9.59 Å². The first kappa shape index (κ1) is 23.5. The van der Waals surface area contributed by atoms with Crippen LogP contribution in [0.5, 0.6) is 23.0 Å². The van der Waals surface area contributed by atoms with Crippen molar-refractivity contribution in [2.75, 3.05) is 26.4 Å². The van der Waals surface area contributed by atoms with Gasteiger partial charge in [-0.3, -0.25) is 9.59 Å². The summed E-state index contributed by atoms with van der Waals surface area (Å²) in [7, 11) is 0. The average molecular weight is 489 g/mol. The Labute approximate surface area is 209 Å². The molecular formula is C28H28N2O6. The van der Waals surface area contributed by atoms with Crippen LogP contribution in [-0.4, -0.2) is 38.2 Å². The maximum Gasteiger partial charge on any atom is 0.252 e. The summed E-state index contributed by atoms with van der Waals surface area (Å²) < 4.78 is 22.4. The molecule has 186 valence electrons. The van der Waals surface area contributed by atoms with Gasteiger partial charge in [0.1, 0.15) is 26.4 Å². The van der Waals surface area contributed by atoms with E-state index in [0.717, 1.165) is 11.1 Å². The first-order valence-corrected chi connectivity index (χ1v) is 12.0. The van der Waals surface area contributed by atoms with E-state index in [4.69, 9.17) is 18.9 Å². The summed E-state index contributed by atoms with van der Waals surface area (Å²) in [5.74, 6) is 2.03. The number of hydrogen-bond donors (Lipinski definition) is 2. The molecule has 3 aromatic carbocycles. The number of ether oxygens (including phenoxy) is 4. The normalized spacial score (nSPS) is 15.4. The molecule has 0 aliphatic carbocycles. The fraction of sp³-hybridized carbons (Fsp3) is 0.286. The van der Waals surface area contributed by atoms with Crippen LogP contribution in [0.2, 0.25) is 0 Å². The number of carbonyl (C=O) groups excluding carboxylic acids is 2. The minimum Gasteiger partial charge on any atom is -0.486 e.